The number of aryl methyl sites for hydroxylation is 1. The highest BCUT2D eigenvalue weighted by atomic mass is 35.5. The van der Waals surface area contributed by atoms with Gasteiger partial charge in [0, 0.05) is 11.2 Å². The molecule has 0 heterocycles. The van der Waals surface area contributed by atoms with Gasteiger partial charge >= 0.3 is 0 Å². The molecule has 4 atom stereocenters. The third kappa shape index (κ3) is 3.86. The van der Waals surface area contributed by atoms with Crippen molar-refractivity contribution in [3.05, 3.63) is 28.8 Å². The number of ether oxygens (including phenoxy) is 1. The van der Waals surface area contributed by atoms with Gasteiger partial charge in [-0.15, -0.1) is 0 Å². The number of nitrogens with zero attached hydrogens (tertiary/aromatic N) is 1. The first-order valence-electron chi connectivity index (χ1n) is 8.28. The number of fused-ring (bicyclic) bond motifs is 2. The van der Waals surface area contributed by atoms with Crippen LogP contribution in [0.2, 0.25) is 5.02 Å². The summed E-state index contributed by atoms with van der Waals surface area (Å²) in [5.74, 6) is 2.60. The minimum Gasteiger partial charge on any atom is -0.481 e. The van der Waals surface area contributed by atoms with Crippen LogP contribution in [0.1, 0.15) is 38.2 Å². The quantitative estimate of drug-likeness (QED) is 0.654. The smallest absolute Gasteiger partial charge is 0.280 e. The van der Waals surface area contributed by atoms with Crippen LogP contribution in [0.4, 0.5) is 0 Å². The number of carbonyl (C=O) groups is 1. The molecule has 124 valence electrons. The Hall–Kier alpha value is -1.55. The molecule has 0 saturated heterocycles. The SMILES string of the molecule is Cc1cc(Cl)ccc1OC(C)C(=O)N/N=C/C1CC2CCC1C2. The van der Waals surface area contributed by atoms with Gasteiger partial charge in [-0.3, -0.25) is 4.79 Å². The minimum absolute atomic E-state index is 0.237. The van der Waals surface area contributed by atoms with E-state index in [0.717, 1.165) is 17.4 Å². The monoisotopic (exact) mass is 334 g/mol. The Morgan fingerprint density at radius 1 is 1.43 bits per heavy atom. The lowest BCUT2D eigenvalue weighted by Gasteiger charge is -2.17. The first-order chi connectivity index (χ1) is 11.0. The molecule has 4 nitrogen and oxygen atoms in total. The molecular weight excluding hydrogens is 312 g/mol. The predicted octanol–water partition coefficient (Wildman–Crippen LogP) is 3.95. The molecule has 1 N–H and O–H groups in total. The third-order valence-electron chi connectivity index (χ3n) is 5.04. The lowest BCUT2D eigenvalue weighted by atomic mass is 9.90. The molecule has 2 saturated carbocycles. The number of benzene rings is 1. The molecule has 2 bridgehead atoms. The van der Waals surface area contributed by atoms with E-state index in [2.05, 4.69) is 10.5 Å². The van der Waals surface area contributed by atoms with Crippen LogP contribution in [0.3, 0.4) is 0 Å². The Labute approximate surface area is 142 Å². The summed E-state index contributed by atoms with van der Waals surface area (Å²) < 4.78 is 5.69. The summed E-state index contributed by atoms with van der Waals surface area (Å²) in [4.78, 5) is 12.1. The Morgan fingerprint density at radius 3 is 2.91 bits per heavy atom. The molecular formula is C18H23ClN2O2. The largest absolute Gasteiger partial charge is 0.481 e. The van der Waals surface area contributed by atoms with E-state index in [1.165, 1.54) is 25.7 Å². The van der Waals surface area contributed by atoms with Crippen molar-refractivity contribution in [1.29, 1.82) is 0 Å². The zero-order chi connectivity index (χ0) is 16.4. The highest BCUT2D eigenvalue weighted by molar-refractivity contribution is 6.30. The zero-order valence-corrected chi connectivity index (χ0v) is 14.3. The Bertz CT molecular complexity index is 617. The van der Waals surface area contributed by atoms with Crippen molar-refractivity contribution in [3.8, 4) is 5.75 Å². The molecule has 0 aliphatic heterocycles. The summed E-state index contributed by atoms with van der Waals surface area (Å²) in [5.41, 5.74) is 3.50. The number of carbonyl (C=O) groups excluding carboxylic acids is 1. The van der Waals surface area contributed by atoms with E-state index in [9.17, 15) is 4.79 Å². The highest BCUT2D eigenvalue weighted by Gasteiger charge is 2.38. The van der Waals surface area contributed by atoms with Crippen LogP contribution in [0.15, 0.2) is 23.3 Å². The highest BCUT2D eigenvalue weighted by Crippen LogP contribution is 2.47. The maximum absolute atomic E-state index is 12.1. The van der Waals surface area contributed by atoms with Crippen LogP contribution in [-0.2, 0) is 4.79 Å². The van der Waals surface area contributed by atoms with Crippen LogP contribution < -0.4 is 10.2 Å². The molecule has 1 aromatic rings. The molecule has 0 spiro atoms. The molecule has 2 aliphatic carbocycles. The number of amides is 1. The molecule has 2 fully saturated rings. The summed E-state index contributed by atoms with van der Waals surface area (Å²) in [7, 11) is 0. The van der Waals surface area contributed by atoms with Gasteiger partial charge in [0.15, 0.2) is 6.10 Å². The minimum atomic E-state index is -0.605. The van der Waals surface area contributed by atoms with Gasteiger partial charge < -0.3 is 4.74 Å². The molecule has 3 rings (SSSR count). The number of rotatable bonds is 5. The summed E-state index contributed by atoms with van der Waals surface area (Å²) in [6, 6.07) is 5.34. The van der Waals surface area contributed by atoms with E-state index in [4.69, 9.17) is 16.3 Å². The zero-order valence-electron chi connectivity index (χ0n) is 13.6. The van der Waals surface area contributed by atoms with Gasteiger partial charge in [-0.2, -0.15) is 5.10 Å². The van der Waals surface area contributed by atoms with Crippen LogP contribution >= 0.6 is 11.6 Å². The van der Waals surface area contributed by atoms with E-state index >= 15 is 0 Å². The second kappa shape index (κ2) is 6.91. The van der Waals surface area contributed by atoms with E-state index in [0.29, 0.717) is 16.7 Å². The predicted molar refractivity (Wildman–Crippen MR) is 91.9 cm³/mol. The van der Waals surface area contributed by atoms with Gasteiger partial charge in [-0.25, -0.2) is 5.43 Å². The van der Waals surface area contributed by atoms with Gasteiger partial charge in [0.25, 0.3) is 5.91 Å². The maximum atomic E-state index is 12.1. The Kier molecular flexibility index (Phi) is 4.90. The number of halogens is 1. The Morgan fingerprint density at radius 2 is 2.26 bits per heavy atom. The second-order valence-electron chi connectivity index (χ2n) is 6.76. The van der Waals surface area contributed by atoms with Crippen molar-refractivity contribution < 1.29 is 9.53 Å². The van der Waals surface area contributed by atoms with Crippen molar-refractivity contribution in [2.24, 2.45) is 22.9 Å². The molecule has 1 aromatic carbocycles. The van der Waals surface area contributed by atoms with Gasteiger partial charge in [0.2, 0.25) is 0 Å². The molecule has 5 heteroatoms. The lowest BCUT2D eigenvalue weighted by Crippen LogP contribution is -2.33. The average Bonchev–Trinajstić information content (AvgIpc) is 3.12. The normalized spacial score (nSPS) is 27.3. The van der Waals surface area contributed by atoms with Crippen molar-refractivity contribution in [1.82, 2.24) is 5.43 Å². The van der Waals surface area contributed by atoms with Crippen LogP contribution in [-0.4, -0.2) is 18.2 Å². The standard InChI is InChI=1S/C18H23ClN2O2/c1-11-7-16(19)5-6-17(11)23-12(2)18(22)21-20-10-15-9-13-3-4-14(15)8-13/h5-7,10,12-15H,3-4,8-9H2,1-2H3,(H,21,22)/b20-10+. The Balaban J connectivity index is 1.49. The maximum Gasteiger partial charge on any atom is 0.280 e. The molecule has 0 radical (unpaired) electrons. The van der Waals surface area contributed by atoms with Gasteiger partial charge in [0.1, 0.15) is 5.75 Å². The third-order valence-corrected chi connectivity index (χ3v) is 5.28. The molecule has 4 unspecified atom stereocenters. The van der Waals surface area contributed by atoms with Gasteiger partial charge in [-0.05, 0) is 74.6 Å². The average molecular weight is 335 g/mol. The van der Waals surface area contributed by atoms with E-state index < -0.39 is 6.10 Å². The topological polar surface area (TPSA) is 50.7 Å². The fraction of sp³-hybridized carbons (Fsp3) is 0.556. The summed E-state index contributed by atoms with van der Waals surface area (Å²) in [5, 5.41) is 4.80. The number of hydrogen-bond acceptors (Lipinski definition) is 3. The summed E-state index contributed by atoms with van der Waals surface area (Å²) >= 11 is 5.92. The molecule has 2 aliphatic rings. The van der Waals surface area contributed by atoms with Crippen molar-refractivity contribution >= 4 is 23.7 Å². The van der Waals surface area contributed by atoms with Gasteiger partial charge in [-0.1, -0.05) is 18.0 Å². The summed E-state index contributed by atoms with van der Waals surface area (Å²) in [6.07, 6.45) is 6.55. The second-order valence-corrected chi connectivity index (χ2v) is 7.20. The lowest BCUT2D eigenvalue weighted by molar-refractivity contribution is -0.127. The van der Waals surface area contributed by atoms with Gasteiger partial charge in [0.05, 0.1) is 0 Å². The molecule has 23 heavy (non-hydrogen) atoms. The first kappa shape index (κ1) is 16.3. The van der Waals surface area contributed by atoms with Crippen LogP contribution in [0, 0.1) is 24.7 Å². The van der Waals surface area contributed by atoms with E-state index in [1.54, 1.807) is 19.1 Å². The van der Waals surface area contributed by atoms with Crippen molar-refractivity contribution in [2.45, 2.75) is 45.6 Å². The summed E-state index contributed by atoms with van der Waals surface area (Å²) in [6.45, 7) is 3.62. The number of hydrazone groups is 1. The first-order valence-corrected chi connectivity index (χ1v) is 8.66. The number of nitrogens with one attached hydrogen (secondary N) is 1. The molecule has 1 amide bonds. The van der Waals surface area contributed by atoms with E-state index in [-0.39, 0.29) is 5.91 Å². The molecule has 0 aromatic heterocycles. The van der Waals surface area contributed by atoms with Crippen LogP contribution in [0.25, 0.3) is 0 Å². The fourth-order valence-electron chi connectivity index (χ4n) is 3.75. The van der Waals surface area contributed by atoms with Crippen molar-refractivity contribution in [3.63, 3.8) is 0 Å². The van der Waals surface area contributed by atoms with Crippen LogP contribution in [0.5, 0.6) is 5.75 Å². The van der Waals surface area contributed by atoms with E-state index in [1.807, 2.05) is 19.2 Å². The fourth-order valence-corrected chi connectivity index (χ4v) is 3.98. The van der Waals surface area contributed by atoms with Crippen molar-refractivity contribution in [2.75, 3.05) is 0 Å². The number of hydrogen-bond donors (Lipinski definition) is 1.